The second-order valence-electron chi connectivity index (χ2n) is 5.76. The molecular formula is C12H16BrN5O2S. The number of aromatic nitrogens is 4. The first-order chi connectivity index (χ1) is 9.80. The highest BCUT2D eigenvalue weighted by Gasteiger charge is 2.45. The molecule has 1 fully saturated rings. The molecule has 1 saturated carbocycles. The third-order valence-electron chi connectivity index (χ3n) is 3.73. The summed E-state index contributed by atoms with van der Waals surface area (Å²) in [5.41, 5.74) is 0.576. The minimum atomic E-state index is -2.97. The molecule has 3 rings (SSSR count). The number of hydrogen-bond donors (Lipinski definition) is 1. The van der Waals surface area contributed by atoms with Crippen molar-refractivity contribution in [2.75, 3.05) is 23.9 Å². The van der Waals surface area contributed by atoms with Crippen LogP contribution in [0.1, 0.15) is 12.8 Å². The van der Waals surface area contributed by atoms with Gasteiger partial charge in [-0.25, -0.2) is 23.1 Å². The van der Waals surface area contributed by atoms with Crippen LogP contribution in [0.4, 0.5) is 5.82 Å². The molecular weight excluding hydrogens is 358 g/mol. The average molecular weight is 374 g/mol. The maximum atomic E-state index is 11.5. The summed E-state index contributed by atoms with van der Waals surface area (Å²) in [6, 6.07) is 0. The quantitative estimate of drug-likeness (QED) is 0.850. The first kappa shape index (κ1) is 14.7. The molecule has 2 aromatic heterocycles. The molecule has 0 unspecified atom stereocenters. The van der Waals surface area contributed by atoms with Crippen LogP contribution in [0.2, 0.25) is 0 Å². The third-order valence-corrected chi connectivity index (χ3v) is 5.43. The number of nitrogens with zero attached hydrogens (tertiary/aromatic N) is 4. The van der Waals surface area contributed by atoms with Crippen molar-refractivity contribution in [1.29, 1.82) is 0 Å². The van der Waals surface area contributed by atoms with Gasteiger partial charge in [0.25, 0.3) is 0 Å². The van der Waals surface area contributed by atoms with E-state index >= 15 is 0 Å². The Morgan fingerprint density at radius 1 is 1.43 bits per heavy atom. The lowest BCUT2D eigenvalue weighted by molar-refractivity contribution is 0.560. The van der Waals surface area contributed by atoms with Gasteiger partial charge in [-0.15, -0.1) is 0 Å². The standard InChI is InChI=1S/C12H16BrN5O2S/c1-18-11-8(9(13)17-18)10(15-7-16-11)14-5-12(3-4-12)6-21(2,19)20/h7H,3-6H2,1-2H3,(H,14,15,16). The van der Waals surface area contributed by atoms with Crippen LogP contribution in [0.5, 0.6) is 0 Å². The molecule has 0 radical (unpaired) electrons. The van der Waals surface area contributed by atoms with Gasteiger partial charge in [0, 0.05) is 25.3 Å². The Hall–Kier alpha value is -1.22. The molecule has 21 heavy (non-hydrogen) atoms. The second-order valence-corrected chi connectivity index (χ2v) is 8.65. The minimum absolute atomic E-state index is 0.153. The lowest BCUT2D eigenvalue weighted by Crippen LogP contribution is -2.24. The summed E-state index contributed by atoms with van der Waals surface area (Å²) in [5.74, 6) is 0.898. The number of halogens is 1. The van der Waals surface area contributed by atoms with E-state index in [1.807, 2.05) is 7.05 Å². The van der Waals surface area contributed by atoms with Crippen LogP contribution >= 0.6 is 15.9 Å². The fourth-order valence-corrected chi connectivity index (χ4v) is 4.66. The Labute approximate surface area is 131 Å². The van der Waals surface area contributed by atoms with Crippen molar-refractivity contribution in [3.05, 3.63) is 10.9 Å². The smallest absolute Gasteiger partial charge is 0.164 e. The van der Waals surface area contributed by atoms with Crippen LogP contribution in [-0.2, 0) is 16.9 Å². The summed E-state index contributed by atoms with van der Waals surface area (Å²) < 4.78 is 25.3. The highest BCUT2D eigenvalue weighted by atomic mass is 79.9. The van der Waals surface area contributed by atoms with Crippen LogP contribution in [0, 0.1) is 5.41 Å². The molecule has 0 aromatic carbocycles. The van der Waals surface area contributed by atoms with Gasteiger partial charge in [-0.1, -0.05) is 0 Å². The first-order valence-corrected chi connectivity index (χ1v) is 9.40. The molecule has 114 valence electrons. The number of sulfone groups is 1. The lowest BCUT2D eigenvalue weighted by Gasteiger charge is -2.15. The summed E-state index contributed by atoms with van der Waals surface area (Å²) in [6.45, 7) is 0.591. The zero-order chi connectivity index (χ0) is 15.3. The molecule has 0 bridgehead atoms. The van der Waals surface area contributed by atoms with Crippen molar-refractivity contribution >= 4 is 42.6 Å². The SMILES string of the molecule is Cn1nc(Br)c2c(NCC3(CS(C)(=O)=O)CC3)ncnc21. The number of nitrogens with one attached hydrogen (secondary N) is 1. The van der Waals surface area contributed by atoms with E-state index in [1.54, 1.807) is 4.68 Å². The highest BCUT2D eigenvalue weighted by Crippen LogP contribution is 2.46. The van der Waals surface area contributed by atoms with Gasteiger partial charge in [0.2, 0.25) is 0 Å². The van der Waals surface area contributed by atoms with E-state index in [4.69, 9.17) is 0 Å². The first-order valence-electron chi connectivity index (χ1n) is 6.55. The Bertz CT molecular complexity index is 797. The maximum Gasteiger partial charge on any atom is 0.164 e. The van der Waals surface area contributed by atoms with Crippen molar-refractivity contribution in [2.24, 2.45) is 12.5 Å². The van der Waals surface area contributed by atoms with Gasteiger partial charge in [-0.05, 0) is 28.8 Å². The molecule has 1 aliphatic carbocycles. The zero-order valence-electron chi connectivity index (χ0n) is 11.8. The summed E-state index contributed by atoms with van der Waals surface area (Å²) in [5, 5.41) is 8.35. The predicted molar refractivity (Wildman–Crippen MR) is 83.9 cm³/mol. The van der Waals surface area contributed by atoms with E-state index in [0.717, 1.165) is 23.9 Å². The molecule has 0 aliphatic heterocycles. The largest absolute Gasteiger partial charge is 0.369 e. The fourth-order valence-electron chi connectivity index (χ4n) is 2.55. The Morgan fingerprint density at radius 3 is 2.76 bits per heavy atom. The van der Waals surface area contributed by atoms with Crippen molar-refractivity contribution in [1.82, 2.24) is 19.7 Å². The van der Waals surface area contributed by atoms with E-state index in [9.17, 15) is 8.42 Å². The van der Waals surface area contributed by atoms with Crippen molar-refractivity contribution < 1.29 is 8.42 Å². The number of fused-ring (bicyclic) bond motifs is 1. The van der Waals surface area contributed by atoms with Crippen LogP contribution < -0.4 is 5.32 Å². The molecule has 0 saturated heterocycles. The van der Waals surface area contributed by atoms with Gasteiger partial charge in [0.1, 0.15) is 26.6 Å². The summed E-state index contributed by atoms with van der Waals surface area (Å²) in [4.78, 5) is 8.46. The number of aryl methyl sites for hydroxylation is 1. The lowest BCUT2D eigenvalue weighted by atomic mass is 10.1. The molecule has 1 aliphatic rings. The van der Waals surface area contributed by atoms with Gasteiger partial charge in [0.15, 0.2) is 5.65 Å². The number of anilines is 1. The van der Waals surface area contributed by atoms with Gasteiger partial charge in [0.05, 0.1) is 11.1 Å². The normalized spacial score (nSPS) is 17.1. The average Bonchev–Trinajstić information content (AvgIpc) is 3.06. The summed E-state index contributed by atoms with van der Waals surface area (Å²) in [6.07, 6.45) is 4.62. The van der Waals surface area contributed by atoms with E-state index in [1.165, 1.54) is 12.6 Å². The summed E-state index contributed by atoms with van der Waals surface area (Å²) in [7, 11) is -1.15. The molecule has 9 heteroatoms. The van der Waals surface area contributed by atoms with Gasteiger partial charge >= 0.3 is 0 Å². The van der Waals surface area contributed by atoms with Crippen LogP contribution in [-0.4, -0.2) is 46.7 Å². The molecule has 2 aromatic rings. The fraction of sp³-hybridized carbons (Fsp3) is 0.583. The van der Waals surface area contributed by atoms with Crippen LogP contribution in [0.3, 0.4) is 0 Å². The number of rotatable bonds is 5. The Balaban J connectivity index is 1.83. The molecule has 0 atom stereocenters. The van der Waals surface area contributed by atoms with E-state index in [0.29, 0.717) is 17.0 Å². The van der Waals surface area contributed by atoms with Crippen molar-refractivity contribution in [2.45, 2.75) is 12.8 Å². The topological polar surface area (TPSA) is 89.8 Å². The number of hydrogen-bond acceptors (Lipinski definition) is 6. The highest BCUT2D eigenvalue weighted by molar-refractivity contribution is 9.10. The van der Waals surface area contributed by atoms with Gasteiger partial charge < -0.3 is 5.32 Å². The van der Waals surface area contributed by atoms with E-state index < -0.39 is 9.84 Å². The molecule has 0 spiro atoms. The third kappa shape index (κ3) is 3.03. The molecule has 2 heterocycles. The van der Waals surface area contributed by atoms with Gasteiger partial charge in [-0.3, -0.25) is 0 Å². The Kier molecular flexibility index (Phi) is 3.44. The molecule has 7 nitrogen and oxygen atoms in total. The second kappa shape index (κ2) is 4.91. The minimum Gasteiger partial charge on any atom is -0.369 e. The molecule has 1 N–H and O–H groups in total. The zero-order valence-corrected chi connectivity index (χ0v) is 14.2. The monoisotopic (exact) mass is 373 g/mol. The van der Waals surface area contributed by atoms with Gasteiger partial charge in [-0.2, -0.15) is 5.10 Å². The van der Waals surface area contributed by atoms with E-state index in [2.05, 4.69) is 36.3 Å². The Morgan fingerprint density at radius 2 is 2.14 bits per heavy atom. The van der Waals surface area contributed by atoms with Crippen molar-refractivity contribution in [3.63, 3.8) is 0 Å². The molecule has 0 amide bonds. The van der Waals surface area contributed by atoms with Crippen LogP contribution in [0.15, 0.2) is 10.9 Å². The predicted octanol–water partition coefficient (Wildman–Crippen LogP) is 1.36. The van der Waals surface area contributed by atoms with Crippen LogP contribution in [0.25, 0.3) is 11.0 Å². The maximum absolute atomic E-state index is 11.5. The summed E-state index contributed by atoms with van der Waals surface area (Å²) >= 11 is 3.41. The van der Waals surface area contributed by atoms with Crippen molar-refractivity contribution in [3.8, 4) is 0 Å². The van der Waals surface area contributed by atoms with E-state index in [-0.39, 0.29) is 11.2 Å².